The van der Waals surface area contributed by atoms with E-state index < -0.39 is 0 Å². The van der Waals surface area contributed by atoms with Gasteiger partial charge in [-0.2, -0.15) is 0 Å². The number of pyridine rings is 1. The molecule has 0 saturated heterocycles. The molecule has 3 N–H and O–H groups in total. The van der Waals surface area contributed by atoms with Crippen LogP contribution in [-0.2, 0) is 6.54 Å². The minimum Gasteiger partial charge on any atom is -0.409 e. The van der Waals surface area contributed by atoms with Crippen LogP contribution in [0.1, 0.15) is 11.3 Å². The van der Waals surface area contributed by atoms with E-state index in [9.17, 15) is 0 Å². The zero-order valence-electron chi connectivity index (χ0n) is 7.20. The second kappa shape index (κ2) is 4.68. The molecule has 0 radical (unpaired) electrons. The molecule has 7 nitrogen and oxygen atoms in total. The molecule has 0 fully saturated rings. The van der Waals surface area contributed by atoms with Crippen LogP contribution in [0, 0.1) is 0 Å². The highest BCUT2D eigenvalue weighted by Crippen LogP contribution is 2.01. The number of hydrogen-bond acceptors (Lipinski definition) is 4. The smallest absolute Gasteiger partial charge is 0.171 e. The van der Waals surface area contributed by atoms with E-state index in [2.05, 4.69) is 20.2 Å². The van der Waals surface area contributed by atoms with E-state index in [0.717, 1.165) is 0 Å². The SMILES string of the molecule is [N-]=[N+]=NCc1ccc(/C(N)=N/O)cn1. The monoisotopic (exact) mass is 192 g/mol. The van der Waals surface area contributed by atoms with Crippen molar-refractivity contribution in [3.8, 4) is 0 Å². The molecule has 0 aromatic carbocycles. The van der Waals surface area contributed by atoms with Gasteiger partial charge in [-0.1, -0.05) is 10.3 Å². The lowest BCUT2D eigenvalue weighted by Gasteiger charge is -1.98. The highest BCUT2D eigenvalue weighted by Gasteiger charge is 1.99. The Kier molecular flexibility index (Phi) is 3.28. The fourth-order valence-electron chi connectivity index (χ4n) is 0.831. The lowest BCUT2D eigenvalue weighted by molar-refractivity contribution is 0.318. The summed E-state index contributed by atoms with van der Waals surface area (Å²) in [7, 11) is 0. The number of aromatic nitrogens is 1. The van der Waals surface area contributed by atoms with E-state index in [1.54, 1.807) is 12.1 Å². The number of nitrogens with zero attached hydrogens (tertiary/aromatic N) is 5. The Labute approximate surface area is 79.5 Å². The average molecular weight is 192 g/mol. The number of nitrogens with two attached hydrogens (primary N) is 1. The number of hydrogen-bond donors (Lipinski definition) is 2. The van der Waals surface area contributed by atoms with E-state index in [0.29, 0.717) is 11.3 Å². The van der Waals surface area contributed by atoms with Crippen LogP contribution in [0.5, 0.6) is 0 Å². The third kappa shape index (κ3) is 2.36. The van der Waals surface area contributed by atoms with E-state index in [1.165, 1.54) is 6.20 Å². The summed E-state index contributed by atoms with van der Waals surface area (Å²) in [5.74, 6) is -0.00663. The van der Waals surface area contributed by atoms with Crippen LogP contribution >= 0.6 is 0 Å². The van der Waals surface area contributed by atoms with Crippen LogP contribution in [0.2, 0.25) is 0 Å². The molecule has 0 aliphatic carbocycles. The average Bonchev–Trinajstić information content (AvgIpc) is 2.26. The van der Waals surface area contributed by atoms with Crippen LogP contribution in [0.15, 0.2) is 28.6 Å². The Bertz CT molecular complexity index is 378. The molecule has 0 saturated carbocycles. The summed E-state index contributed by atoms with van der Waals surface area (Å²) >= 11 is 0. The number of amidine groups is 1. The second-order valence-corrected chi connectivity index (χ2v) is 2.41. The van der Waals surface area contributed by atoms with Gasteiger partial charge in [-0.05, 0) is 17.7 Å². The predicted octanol–water partition coefficient (Wildman–Crippen LogP) is 0.986. The van der Waals surface area contributed by atoms with Crippen LogP contribution in [0.25, 0.3) is 10.4 Å². The maximum absolute atomic E-state index is 8.37. The molecule has 1 heterocycles. The molecule has 14 heavy (non-hydrogen) atoms. The van der Waals surface area contributed by atoms with Gasteiger partial charge in [0.05, 0.1) is 6.54 Å². The Morgan fingerprint density at radius 3 is 2.93 bits per heavy atom. The molecule has 0 spiro atoms. The number of azide groups is 1. The van der Waals surface area contributed by atoms with Gasteiger partial charge in [0.25, 0.3) is 0 Å². The van der Waals surface area contributed by atoms with Gasteiger partial charge < -0.3 is 10.9 Å². The van der Waals surface area contributed by atoms with Gasteiger partial charge >= 0.3 is 0 Å². The van der Waals surface area contributed by atoms with E-state index >= 15 is 0 Å². The third-order valence-electron chi connectivity index (χ3n) is 1.52. The summed E-state index contributed by atoms with van der Waals surface area (Å²) in [5, 5.41) is 14.5. The Hall–Kier alpha value is -2.27. The predicted molar refractivity (Wildman–Crippen MR) is 49.6 cm³/mol. The molecule has 0 amide bonds. The quantitative estimate of drug-likeness (QED) is 0.141. The third-order valence-corrected chi connectivity index (χ3v) is 1.52. The molecule has 0 aliphatic heterocycles. The van der Waals surface area contributed by atoms with E-state index in [-0.39, 0.29) is 12.4 Å². The fourth-order valence-corrected chi connectivity index (χ4v) is 0.831. The fraction of sp³-hybridized carbons (Fsp3) is 0.143. The first kappa shape index (κ1) is 9.82. The number of rotatable bonds is 3. The summed E-state index contributed by atoms with van der Waals surface area (Å²) < 4.78 is 0. The van der Waals surface area contributed by atoms with Crippen molar-refractivity contribution in [3.05, 3.63) is 40.0 Å². The van der Waals surface area contributed by atoms with Crippen LogP contribution in [0.4, 0.5) is 0 Å². The lowest BCUT2D eigenvalue weighted by atomic mass is 10.2. The number of oxime groups is 1. The van der Waals surface area contributed by atoms with Gasteiger partial charge in [-0.15, -0.1) is 0 Å². The zero-order valence-corrected chi connectivity index (χ0v) is 7.20. The lowest BCUT2D eigenvalue weighted by Crippen LogP contribution is -2.13. The normalized spacial score (nSPS) is 10.7. The highest BCUT2D eigenvalue weighted by molar-refractivity contribution is 5.96. The summed E-state index contributed by atoms with van der Waals surface area (Å²) in [5.41, 5.74) is 14.5. The molecule has 0 bridgehead atoms. The van der Waals surface area contributed by atoms with Crippen LogP contribution in [0.3, 0.4) is 0 Å². The molecule has 0 aliphatic rings. The van der Waals surface area contributed by atoms with Crippen molar-refractivity contribution >= 4 is 5.84 Å². The van der Waals surface area contributed by atoms with Crippen molar-refractivity contribution in [1.29, 1.82) is 0 Å². The molecule has 1 rings (SSSR count). The molecular formula is C7H8N6O. The van der Waals surface area contributed by atoms with E-state index in [4.69, 9.17) is 16.5 Å². The van der Waals surface area contributed by atoms with Crippen molar-refractivity contribution in [2.45, 2.75) is 6.54 Å². The minimum absolute atomic E-state index is 0.00663. The maximum Gasteiger partial charge on any atom is 0.171 e. The molecule has 0 atom stereocenters. The van der Waals surface area contributed by atoms with Gasteiger partial charge in [-0.25, -0.2) is 0 Å². The summed E-state index contributed by atoms with van der Waals surface area (Å²) in [4.78, 5) is 6.55. The van der Waals surface area contributed by atoms with Crippen molar-refractivity contribution in [2.75, 3.05) is 0 Å². The van der Waals surface area contributed by atoms with Gasteiger partial charge in [-0.3, -0.25) is 4.98 Å². The minimum atomic E-state index is -0.00663. The highest BCUT2D eigenvalue weighted by atomic mass is 16.4. The maximum atomic E-state index is 8.37. The van der Waals surface area contributed by atoms with Gasteiger partial charge in [0, 0.05) is 22.4 Å². The largest absolute Gasteiger partial charge is 0.409 e. The topological polar surface area (TPSA) is 120 Å². The first-order chi connectivity index (χ1) is 6.77. The molecule has 7 heteroatoms. The van der Waals surface area contributed by atoms with Crippen molar-refractivity contribution in [2.24, 2.45) is 16.0 Å². The molecule has 1 aromatic heterocycles. The standard InChI is InChI=1S/C7H8N6O/c8-7(12-14)5-1-2-6(10-3-5)4-11-13-9/h1-3,14H,4H2,(H2,8,12). The van der Waals surface area contributed by atoms with E-state index in [1.807, 2.05) is 0 Å². The van der Waals surface area contributed by atoms with Gasteiger partial charge in [0.2, 0.25) is 0 Å². The van der Waals surface area contributed by atoms with Gasteiger partial charge in [0.15, 0.2) is 5.84 Å². The Morgan fingerprint density at radius 2 is 2.43 bits per heavy atom. The first-order valence-electron chi connectivity index (χ1n) is 3.71. The van der Waals surface area contributed by atoms with Gasteiger partial charge in [0.1, 0.15) is 0 Å². The van der Waals surface area contributed by atoms with Crippen molar-refractivity contribution in [3.63, 3.8) is 0 Å². The summed E-state index contributed by atoms with van der Waals surface area (Å²) in [6.07, 6.45) is 1.44. The summed E-state index contributed by atoms with van der Waals surface area (Å²) in [6.45, 7) is 0.187. The van der Waals surface area contributed by atoms with Crippen LogP contribution in [-0.4, -0.2) is 16.0 Å². The van der Waals surface area contributed by atoms with Crippen molar-refractivity contribution in [1.82, 2.24) is 4.98 Å². The first-order valence-corrected chi connectivity index (χ1v) is 3.71. The molecule has 72 valence electrons. The summed E-state index contributed by atoms with van der Waals surface area (Å²) in [6, 6.07) is 3.27. The Morgan fingerprint density at radius 1 is 1.64 bits per heavy atom. The zero-order chi connectivity index (χ0) is 10.4. The molecular weight excluding hydrogens is 184 g/mol. The molecule has 0 unspecified atom stereocenters. The molecule has 1 aromatic rings. The van der Waals surface area contributed by atoms with Crippen molar-refractivity contribution < 1.29 is 5.21 Å². The van der Waals surface area contributed by atoms with Crippen LogP contribution < -0.4 is 5.73 Å². The second-order valence-electron chi connectivity index (χ2n) is 2.41. The Balaban J connectivity index is 2.83.